The Hall–Kier alpha value is -3.00. The number of nitrogens with one attached hydrogen (secondary N) is 2. The quantitative estimate of drug-likeness (QED) is 0.535. The summed E-state index contributed by atoms with van der Waals surface area (Å²) < 4.78 is 15.8. The van der Waals surface area contributed by atoms with Crippen LogP contribution in [0.2, 0.25) is 0 Å². The van der Waals surface area contributed by atoms with Crippen molar-refractivity contribution in [3.05, 3.63) is 80.9 Å². The molecule has 0 spiro atoms. The Morgan fingerprint density at radius 1 is 1.19 bits per heavy atom. The first-order valence-electron chi connectivity index (χ1n) is 7.83. The first kappa shape index (κ1) is 16.5. The highest BCUT2D eigenvalue weighted by Gasteiger charge is 2.11. The largest absolute Gasteiger partial charge is 0.352 e. The van der Waals surface area contributed by atoms with Crippen molar-refractivity contribution < 1.29 is 4.39 Å². The van der Waals surface area contributed by atoms with Crippen molar-refractivity contribution in [2.75, 3.05) is 5.32 Å². The lowest BCUT2D eigenvalue weighted by atomic mass is 10.2. The highest BCUT2D eigenvalue weighted by atomic mass is 79.9. The van der Waals surface area contributed by atoms with Gasteiger partial charge in [0, 0.05) is 11.0 Å². The summed E-state index contributed by atoms with van der Waals surface area (Å²) in [5, 5.41) is 7.68. The molecule has 0 bridgehead atoms. The number of halogens is 2. The van der Waals surface area contributed by atoms with Crippen LogP contribution in [0.5, 0.6) is 0 Å². The lowest BCUT2D eigenvalue weighted by molar-refractivity contribution is 0.625. The van der Waals surface area contributed by atoms with Crippen molar-refractivity contribution in [2.24, 2.45) is 0 Å². The Labute approximate surface area is 155 Å². The predicted octanol–water partition coefficient (Wildman–Crippen LogP) is 3.62. The van der Waals surface area contributed by atoms with E-state index in [1.165, 1.54) is 18.3 Å². The van der Waals surface area contributed by atoms with E-state index in [-0.39, 0.29) is 17.3 Å². The summed E-state index contributed by atoms with van der Waals surface area (Å²) >= 11 is 3.38. The molecular formula is C18H13BrFN5O. The van der Waals surface area contributed by atoms with Gasteiger partial charge in [-0.1, -0.05) is 34.1 Å². The number of anilines is 1. The Morgan fingerprint density at radius 3 is 2.81 bits per heavy atom. The van der Waals surface area contributed by atoms with E-state index < -0.39 is 0 Å². The fourth-order valence-electron chi connectivity index (χ4n) is 2.62. The Morgan fingerprint density at radius 2 is 2.00 bits per heavy atom. The molecule has 26 heavy (non-hydrogen) atoms. The van der Waals surface area contributed by atoms with Crippen LogP contribution in [0.3, 0.4) is 0 Å². The van der Waals surface area contributed by atoms with Gasteiger partial charge in [0.15, 0.2) is 5.65 Å². The van der Waals surface area contributed by atoms with E-state index in [1.54, 1.807) is 10.7 Å². The predicted molar refractivity (Wildman–Crippen MR) is 101 cm³/mol. The lowest BCUT2D eigenvalue weighted by Gasteiger charge is -2.08. The number of fused-ring (bicyclic) bond motifs is 1. The van der Waals surface area contributed by atoms with Gasteiger partial charge in [0.05, 0.1) is 11.9 Å². The van der Waals surface area contributed by atoms with Crippen LogP contribution in [-0.4, -0.2) is 19.7 Å². The molecule has 0 aliphatic carbocycles. The molecule has 2 aromatic heterocycles. The fourth-order valence-corrected chi connectivity index (χ4v) is 3.00. The fraction of sp³-hybridized carbons (Fsp3) is 0.0556. The second-order valence-corrected chi connectivity index (χ2v) is 6.49. The molecule has 0 aliphatic heterocycles. The average molecular weight is 414 g/mol. The molecule has 0 aliphatic rings. The molecule has 4 rings (SSSR count). The first-order chi connectivity index (χ1) is 12.6. The van der Waals surface area contributed by atoms with E-state index in [2.05, 4.69) is 36.3 Å². The maximum atomic E-state index is 13.4. The van der Waals surface area contributed by atoms with E-state index in [4.69, 9.17) is 0 Å². The number of nitrogens with zero attached hydrogens (tertiary/aromatic N) is 3. The molecule has 2 N–H and O–H groups in total. The number of aromatic amines is 1. The van der Waals surface area contributed by atoms with Gasteiger partial charge in [0.2, 0.25) is 5.95 Å². The van der Waals surface area contributed by atoms with Gasteiger partial charge in [-0.15, -0.1) is 0 Å². The van der Waals surface area contributed by atoms with Crippen LogP contribution >= 0.6 is 15.9 Å². The van der Waals surface area contributed by atoms with Crippen LogP contribution < -0.4 is 10.9 Å². The van der Waals surface area contributed by atoms with Crippen molar-refractivity contribution in [2.45, 2.75) is 6.54 Å². The molecule has 2 heterocycles. The molecule has 0 radical (unpaired) electrons. The topological polar surface area (TPSA) is 75.6 Å². The second-order valence-electron chi connectivity index (χ2n) is 5.63. The molecule has 4 aromatic rings. The average Bonchev–Trinajstić information content (AvgIpc) is 3.08. The minimum atomic E-state index is -0.330. The van der Waals surface area contributed by atoms with Gasteiger partial charge in [0.25, 0.3) is 5.56 Å². The van der Waals surface area contributed by atoms with E-state index in [0.717, 1.165) is 10.2 Å². The maximum absolute atomic E-state index is 13.4. The number of hydrogen-bond acceptors (Lipinski definition) is 4. The standard InChI is InChI=1S/C18H13BrFN5O/c19-15-7-6-12(20)8-11(15)9-21-18-23-16-14(17(26)24-18)10-22-25(16)13-4-2-1-3-5-13/h1-8,10H,9H2,(H2,21,23,24,26). The molecule has 0 amide bonds. The minimum Gasteiger partial charge on any atom is -0.352 e. The molecule has 8 heteroatoms. The summed E-state index contributed by atoms with van der Waals surface area (Å²) in [6.07, 6.45) is 1.49. The number of benzene rings is 2. The zero-order valence-electron chi connectivity index (χ0n) is 13.4. The monoisotopic (exact) mass is 413 g/mol. The smallest absolute Gasteiger partial charge is 0.263 e. The van der Waals surface area contributed by atoms with Crippen LogP contribution in [0.1, 0.15) is 5.56 Å². The van der Waals surface area contributed by atoms with E-state index in [1.807, 2.05) is 30.3 Å². The highest BCUT2D eigenvalue weighted by Crippen LogP contribution is 2.19. The normalized spacial score (nSPS) is 11.0. The van der Waals surface area contributed by atoms with Gasteiger partial charge in [-0.25, -0.2) is 9.07 Å². The van der Waals surface area contributed by atoms with Crippen LogP contribution in [0.15, 0.2) is 64.0 Å². The number of aromatic nitrogens is 4. The summed E-state index contributed by atoms with van der Waals surface area (Å²) in [5.41, 5.74) is 1.67. The summed E-state index contributed by atoms with van der Waals surface area (Å²) in [4.78, 5) is 19.5. The lowest BCUT2D eigenvalue weighted by Crippen LogP contribution is -2.14. The maximum Gasteiger partial charge on any atom is 0.263 e. The molecule has 6 nitrogen and oxygen atoms in total. The van der Waals surface area contributed by atoms with Crippen molar-refractivity contribution in [3.63, 3.8) is 0 Å². The van der Waals surface area contributed by atoms with Gasteiger partial charge in [-0.05, 0) is 35.9 Å². The van der Waals surface area contributed by atoms with Crippen LogP contribution in [0.25, 0.3) is 16.7 Å². The van der Waals surface area contributed by atoms with Gasteiger partial charge >= 0.3 is 0 Å². The van der Waals surface area contributed by atoms with Crippen molar-refractivity contribution >= 4 is 32.9 Å². The summed E-state index contributed by atoms with van der Waals surface area (Å²) in [7, 11) is 0. The molecule has 0 saturated heterocycles. The Balaban J connectivity index is 1.70. The second kappa shape index (κ2) is 6.72. The zero-order chi connectivity index (χ0) is 18.1. The Bertz CT molecular complexity index is 1140. The van der Waals surface area contributed by atoms with E-state index in [0.29, 0.717) is 23.1 Å². The zero-order valence-corrected chi connectivity index (χ0v) is 15.0. The first-order valence-corrected chi connectivity index (χ1v) is 8.62. The van der Waals surface area contributed by atoms with Gasteiger partial charge in [-0.2, -0.15) is 10.1 Å². The van der Waals surface area contributed by atoms with E-state index >= 15 is 0 Å². The number of rotatable bonds is 4. The van der Waals surface area contributed by atoms with Crippen molar-refractivity contribution in [3.8, 4) is 5.69 Å². The van der Waals surface area contributed by atoms with Crippen LogP contribution in [0.4, 0.5) is 10.3 Å². The van der Waals surface area contributed by atoms with E-state index in [9.17, 15) is 9.18 Å². The molecular weight excluding hydrogens is 401 g/mol. The summed E-state index contributed by atoms with van der Waals surface area (Å²) in [6, 6.07) is 13.9. The summed E-state index contributed by atoms with van der Waals surface area (Å²) in [5.74, 6) is -0.0413. The molecule has 0 unspecified atom stereocenters. The molecule has 0 saturated carbocycles. The van der Waals surface area contributed by atoms with Gasteiger partial charge in [0.1, 0.15) is 11.2 Å². The van der Waals surface area contributed by atoms with Gasteiger partial charge < -0.3 is 5.32 Å². The number of hydrogen-bond donors (Lipinski definition) is 2. The Kier molecular flexibility index (Phi) is 4.26. The van der Waals surface area contributed by atoms with Crippen molar-refractivity contribution in [1.29, 1.82) is 0 Å². The van der Waals surface area contributed by atoms with Crippen LogP contribution in [-0.2, 0) is 6.54 Å². The number of para-hydroxylation sites is 1. The SMILES string of the molecule is O=c1[nH]c(NCc2cc(F)ccc2Br)nc2c1cnn2-c1ccccc1. The summed E-state index contributed by atoms with van der Waals surface area (Å²) in [6.45, 7) is 0.298. The third kappa shape index (κ3) is 3.11. The minimum absolute atomic E-state index is 0.288. The third-order valence-electron chi connectivity index (χ3n) is 3.89. The molecule has 130 valence electrons. The highest BCUT2D eigenvalue weighted by molar-refractivity contribution is 9.10. The molecule has 0 fully saturated rings. The number of H-pyrrole nitrogens is 1. The third-order valence-corrected chi connectivity index (χ3v) is 4.67. The molecule has 2 aromatic carbocycles. The van der Waals surface area contributed by atoms with Crippen molar-refractivity contribution in [1.82, 2.24) is 19.7 Å². The van der Waals surface area contributed by atoms with Gasteiger partial charge in [-0.3, -0.25) is 9.78 Å². The molecule has 0 atom stereocenters. The van der Waals surface area contributed by atoms with Crippen LogP contribution in [0, 0.1) is 5.82 Å².